The van der Waals surface area contributed by atoms with E-state index in [1.807, 2.05) is 19.2 Å². The fourth-order valence-corrected chi connectivity index (χ4v) is 3.52. The molecule has 1 aliphatic rings. The van der Waals surface area contributed by atoms with Gasteiger partial charge in [0.1, 0.15) is 0 Å². The highest BCUT2D eigenvalue weighted by molar-refractivity contribution is 5.80. The summed E-state index contributed by atoms with van der Waals surface area (Å²) < 4.78 is 38.7. The van der Waals surface area contributed by atoms with Gasteiger partial charge in [-0.1, -0.05) is 24.3 Å². The molecular weight excluding hydrogens is 391 g/mol. The molecule has 0 saturated carbocycles. The Hall–Kier alpha value is -2.61. The van der Waals surface area contributed by atoms with E-state index in [9.17, 15) is 13.2 Å². The summed E-state index contributed by atoms with van der Waals surface area (Å²) in [7, 11) is 1.77. The molecule has 0 radical (unpaired) electrons. The molecule has 0 unspecified atom stereocenters. The van der Waals surface area contributed by atoms with E-state index in [1.165, 1.54) is 17.7 Å². The SMILES string of the molecule is CN=C(NCCc1ccc(C)nc1)N1CCN(Cc2cccc(C(F)(F)F)c2)CC1. The van der Waals surface area contributed by atoms with Gasteiger partial charge < -0.3 is 10.2 Å². The molecule has 1 aromatic carbocycles. The van der Waals surface area contributed by atoms with Crippen molar-refractivity contribution in [1.29, 1.82) is 0 Å². The predicted octanol–water partition coefficient (Wildman–Crippen LogP) is 3.34. The van der Waals surface area contributed by atoms with Crippen molar-refractivity contribution in [2.24, 2.45) is 4.99 Å². The summed E-state index contributed by atoms with van der Waals surface area (Å²) in [6, 6.07) is 9.68. The number of benzene rings is 1. The van der Waals surface area contributed by atoms with Crippen LogP contribution < -0.4 is 5.32 Å². The Kier molecular flexibility index (Phi) is 7.31. The average Bonchev–Trinajstić information content (AvgIpc) is 2.73. The normalized spacial score (nSPS) is 16.0. The first kappa shape index (κ1) is 22.1. The molecule has 0 spiro atoms. The van der Waals surface area contributed by atoms with E-state index in [4.69, 9.17) is 0 Å². The number of nitrogens with one attached hydrogen (secondary N) is 1. The van der Waals surface area contributed by atoms with Crippen LogP contribution in [0.3, 0.4) is 0 Å². The van der Waals surface area contributed by atoms with Crippen molar-refractivity contribution in [1.82, 2.24) is 20.1 Å². The van der Waals surface area contributed by atoms with Gasteiger partial charge in [0.25, 0.3) is 0 Å². The summed E-state index contributed by atoms with van der Waals surface area (Å²) in [5.41, 5.74) is 2.28. The number of pyridine rings is 1. The number of rotatable bonds is 5. The second-order valence-corrected chi connectivity index (χ2v) is 7.49. The molecule has 0 aliphatic carbocycles. The lowest BCUT2D eigenvalue weighted by molar-refractivity contribution is -0.137. The van der Waals surface area contributed by atoms with Crippen molar-refractivity contribution in [2.75, 3.05) is 39.8 Å². The summed E-state index contributed by atoms with van der Waals surface area (Å²) in [5, 5.41) is 3.40. The molecule has 8 heteroatoms. The minimum absolute atomic E-state index is 0.518. The Bertz CT molecular complexity index is 841. The Morgan fingerprint density at radius 3 is 2.50 bits per heavy atom. The number of hydrogen-bond donors (Lipinski definition) is 1. The maximum atomic E-state index is 12.9. The largest absolute Gasteiger partial charge is 0.416 e. The number of hydrogen-bond acceptors (Lipinski definition) is 3. The van der Waals surface area contributed by atoms with Crippen LogP contribution >= 0.6 is 0 Å². The fourth-order valence-electron chi connectivity index (χ4n) is 3.52. The second kappa shape index (κ2) is 9.93. The van der Waals surface area contributed by atoms with Gasteiger partial charge >= 0.3 is 6.18 Å². The molecule has 0 amide bonds. The van der Waals surface area contributed by atoms with Crippen LogP contribution in [-0.4, -0.2) is 60.5 Å². The molecule has 1 saturated heterocycles. The van der Waals surface area contributed by atoms with Crippen LogP contribution in [-0.2, 0) is 19.1 Å². The highest BCUT2D eigenvalue weighted by Crippen LogP contribution is 2.29. The van der Waals surface area contributed by atoms with Crippen LogP contribution in [0, 0.1) is 6.92 Å². The Morgan fingerprint density at radius 2 is 1.87 bits per heavy atom. The Labute approximate surface area is 175 Å². The predicted molar refractivity (Wildman–Crippen MR) is 112 cm³/mol. The van der Waals surface area contributed by atoms with E-state index in [1.54, 1.807) is 13.1 Å². The molecule has 1 aliphatic heterocycles. The van der Waals surface area contributed by atoms with E-state index < -0.39 is 11.7 Å². The number of halogens is 3. The maximum absolute atomic E-state index is 12.9. The zero-order valence-corrected chi connectivity index (χ0v) is 17.4. The summed E-state index contributed by atoms with van der Waals surface area (Å²) in [4.78, 5) is 13.1. The molecule has 1 fully saturated rings. The molecule has 1 aromatic heterocycles. The van der Waals surface area contributed by atoms with E-state index in [0.717, 1.165) is 56.9 Å². The lowest BCUT2D eigenvalue weighted by atomic mass is 10.1. The van der Waals surface area contributed by atoms with Crippen LogP contribution in [0.5, 0.6) is 0 Å². The summed E-state index contributed by atoms with van der Waals surface area (Å²) in [6.45, 7) is 6.37. The Balaban J connectivity index is 1.46. The highest BCUT2D eigenvalue weighted by atomic mass is 19.4. The van der Waals surface area contributed by atoms with Gasteiger partial charge in [-0.15, -0.1) is 0 Å². The molecule has 0 bridgehead atoms. The number of piperazine rings is 1. The number of aliphatic imine (C=N–C) groups is 1. The molecule has 30 heavy (non-hydrogen) atoms. The zero-order valence-electron chi connectivity index (χ0n) is 17.4. The van der Waals surface area contributed by atoms with E-state index in [0.29, 0.717) is 12.1 Å². The molecule has 1 N–H and O–H groups in total. The van der Waals surface area contributed by atoms with Gasteiger partial charge in [-0.2, -0.15) is 13.2 Å². The quantitative estimate of drug-likeness (QED) is 0.596. The van der Waals surface area contributed by atoms with Crippen molar-refractivity contribution in [3.63, 3.8) is 0 Å². The molecule has 162 valence electrons. The molecule has 5 nitrogen and oxygen atoms in total. The monoisotopic (exact) mass is 419 g/mol. The molecule has 3 rings (SSSR count). The molecular formula is C22H28F3N5. The van der Waals surface area contributed by atoms with Gasteiger partial charge in [-0.05, 0) is 36.6 Å². The van der Waals surface area contributed by atoms with Gasteiger partial charge in [0.2, 0.25) is 0 Å². The van der Waals surface area contributed by atoms with Gasteiger partial charge in [0.05, 0.1) is 5.56 Å². The van der Waals surface area contributed by atoms with Crippen LogP contribution in [0.4, 0.5) is 13.2 Å². The number of aryl methyl sites for hydroxylation is 1. The van der Waals surface area contributed by atoms with Crippen molar-refractivity contribution >= 4 is 5.96 Å². The maximum Gasteiger partial charge on any atom is 0.416 e. The molecule has 0 atom stereocenters. The van der Waals surface area contributed by atoms with Crippen LogP contribution in [0.15, 0.2) is 47.6 Å². The number of alkyl halides is 3. The van der Waals surface area contributed by atoms with Gasteiger partial charge in [-0.25, -0.2) is 0 Å². The first-order valence-corrected chi connectivity index (χ1v) is 10.1. The van der Waals surface area contributed by atoms with Gasteiger partial charge in [0, 0.05) is 58.2 Å². The Morgan fingerprint density at radius 1 is 1.10 bits per heavy atom. The lowest BCUT2D eigenvalue weighted by Gasteiger charge is -2.36. The third kappa shape index (κ3) is 6.19. The van der Waals surface area contributed by atoms with Crippen LogP contribution in [0.2, 0.25) is 0 Å². The second-order valence-electron chi connectivity index (χ2n) is 7.49. The fraction of sp³-hybridized carbons (Fsp3) is 0.455. The van der Waals surface area contributed by atoms with Crippen molar-refractivity contribution < 1.29 is 13.2 Å². The van der Waals surface area contributed by atoms with Crippen molar-refractivity contribution in [2.45, 2.75) is 26.1 Å². The van der Waals surface area contributed by atoms with Gasteiger partial charge in [0.15, 0.2) is 5.96 Å². The summed E-state index contributed by atoms with van der Waals surface area (Å²) in [6.07, 6.45) is -1.55. The lowest BCUT2D eigenvalue weighted by Crippen LogP contribution is -2.52. The standard InChI is InChI=1S/C22H28F3N5/c1-17-6-7-18(15-28-17)8-9-27-21(26-2)30-12-10-29(11-13-30)16-19-4-3-5-20(14-19)22(23,24)25/h3-7,14-15H,8-13,16H2,1-2H3,(H,26,27). The molecule has 2 aromatic rings. The minimum atomic E-state index is -4.30. The van der Waals surface area contributed by atoms with E-state index in [2.05, 4.69) is 31.2 Å². The first-order valence-electron chi connectivity index (χ1n) is 10.1. The van der Waals surface area contributed by atoms with Crippen molar-refractivity contribution in [3.05, 3.63) is 65.0 Å². The van der Waals surface area contributed by atoms with E-state index in [-0.39, 0.29) is 0 Å². The third-order valence-corrected chi connectivity index (χ3v) is 5.21. The number of aromatic nitrogens is 1. The minimum Gasteiger partial charge on any atom is -0.356 e. The average molecular weight is 419 g/mol. The van der Waals surface area contributed by atoms with Crippen LogP contribution in [0.1, 0.15) is 22.4 Å². The zero-order chi connectivity index (χ0) is 21.6. The molecule has 2 heterocycles. The third-order valence-electron chi connectivity index (χ3n) is 5.21. The van der Waals surface area contributed by atoms with E-state index >= 15 is 0 Å². The number of nitrogens with zero attached hydrogens (tertiary/aromatic N) is 4. The van der Waals surface area contributed by atoms with Gasteiger partial charge in [-0.3, -0.25) is 14.9 Å². The first-order chi connectivity index (χ1) is 14.3. The summed E-state index contributed by atoms with van der Waals surface area (Å²) >= 11 is 0. The number of guanidine groups is 1. The smallest absolute Gasteiger partial charge is 0.356 e. The highest BCUT2D eigenvalue weighted by Gasteiger charge is 2.30. The summed E-state index contributed by atoms with van der Waals surface area (Å²) in [5.74, 6) is 0.855. The van der Waals surface area contributed by atoms with Crippen LogP contribution in [0.25, 0.3) is 0 Å². The van der Waals surface area contributed by atoms with Crippen molar-refractivity contribution in [3.8, 4) is 0 Å². The topological polar surface area (TPSA) is 43.8 Å².